The van der Waals surface area contributed by atoms with E-state index in [1.54, 1.807) is 11.8 Å². The molecule has 1 fully saturated rings. The molecule has 6 heteroatoms. The van der Waals surface area contributed by atoms with Crippen molar-refractivity contribution in [3.05, 3.63) is 108 Å². The molecule has 0 bridgehead atoms. The zero-order valence-corrected chi connectivity index (χ0v) is 24.1. The minimum atomic E-state index is -0.477. The fourth-order valence-corrected chi connectivity index (χ4v) is 6.70. The van der Waals surface area contributed by atoms with Gasteiger partial charge in [0.1, 0.15) is 0 Å². The van der Waals surface area contributed by atoms with Crippen LogP contribution in [-0.4, -0.2) is 80.5 Å². The van der Waals surface area contributed by atoms with E-state index in [-0.39, 0.29) is 5.91 Å². The zero-order valence-electron chi connectivity index (χ0n) is 23.3. The van der Waals surface area contributed by atoms with E-state index in [0.29, 0.717) is 12.3 Å². The van der Waals surface area contributed by atoms with Crippen molar-refractivity contribution >= 4 is 17.7 Å². The summed E-state index contributed by atoms with van der Waals surface area (Å²) in [5, 5.41) is 3.21. The summed E-state index contributed by atoms with van der Waals surface area (Å²) < 4.78 is 4.99. The summed E-state index contributed by atoms with van der Waals surface area (Å²) >= 11 is 1.69. The van der Waals surface area contributed by atoms with Gasteiger partial charge in [0.2, 0.25) is 5.91 Å². The van der Waals surface area contributed by atoms with Gasteiger partial charge in [0.25, 0.3) is 0 Å². The first kappa shape index (κ1) is 29.3. The summed E-state index contributed by atoms with van der Waals surface area (Å²) in [6.07, 6.45) is 2.27. The highest BCUT2D eigenvalue weighted by Crippen LogP contribution is 2.48. The Bertz CT molecular complexity index is 995. The van der Waals surface area contributed by atoms with E-state index in [1.165, 1.54) is 16.7 Å². The number of benzene rings is 3. The van der Waals surface area contributed by atoms with E-state index < -0.39 is 4.75 Å². The third kappa shape index (κ3) is 8.42. The Morgan fingerprint density at radius 2 is 1.38 bits per heavy atom. The van der Waals surface area contributed by atoms with Crippen molar-refractivity contribution in [1.82, 2.24) is 15.1 Å². The summed E-state index contributed by atoms with van der Waals surface area (Å²) in [7, 11) is 0. The van der Waals surface area contributed by atoms with Crippen molar-refractivity contribution < 1.29 is 9.53 Å². The average molecular weight is 546 g/mol. The number of morpholine rings is 1. The monoisotopic (exact) mass is 545 g/mol. The number of rotatable bonds is 15. The predicted molar refractivity (Wildman–Crippen MR) is 163 cm³/mol. The molecule has 1 amide bonds. The highest BCUT2D eigenvalue weighted by atomic mass is 32.2. The molecule has 0 unspecified atom stereocenters. The second-order valence-electron chi connectivity index (χ2n) is 10.1. The SMILES string of the molecule is CCCN(CCCN1CCOCC1)CCNC(=O)CSC(c1ccccc1)(c1ccccc1)c1ccccc1. The molecule has 5 nitrogen and oxygen atoms in total. The molecule has 0 aromatic heterocycles. The second kappa shape index (κ2) is 15.8. The molecule has 1 heterocycles. The Balaban J connectivity index is 1.38. The molecule has 208 valence electrons. The van der Waals surface area contributed by atoms with Crippen LogP contribution in [0.15, 0.2) is 91.0 Å². The molecule has 0 saturated carbocycles. The van der Waals surface area contributed by atoms with E-state index in [0.717, 1.165) is 65.3 Å². The molecule has 1 aliphatic rings. The van der Waals surface area contributed by atoms with Gasteiger partial charge in [-0.15, -0.1) is 11.8 Å². The number of hydrogen-bond acceptors (Lipinski definition) is 5. The Hall–Kier alpha value is -2.64. The molecule has 0 atom stereocenters. The summed E-state index contributed by atoms with van der Waals surface area (Å²) in [6, 6.07) is 31.7. The van der Waals surface area contributed by atoms with Crippen LogP contribution in [-0.2, 0) is 14.3 Å². The van der Waals surface area contributed by atoms with Crippen LogP contribution in [0.3, 0.4) is 0 Å². The molecule has 0 aliphatic carbocycles. The van der Waals surface area contributed by atoms with Crippen LogP contribution in [0.2, 0.25) is 0 Å². The van der Waals surface area contributed by atoms with Crippen LogP contribution in [0.5, 0.6) is 0 Å². The Kier molecular flexibility index (Phi) is 11.9. The van der Waals surface area contributed by atoms with Gasteiger partial charge in [-0.2, -0.15) is 0 Å². The number of nitrogens with zero attached hydrogens (tertiary/aromatic N) is 2. The third-order valence-corrected chi connectivity index (χ3v) is 8.85. The summed E-state index contributed by atoms with van der Waals surface area (Å²) in [5.74, 6) is 0.459. The molecular weight excluding hydrogens is 502 g/mol. The molecule has 3 aromatic carbocycles. The standard InChI is InChI=1S/C33H43N3O2S/c1-2-20-35(21-12-22-36-24-26-38-27-25-36)23-19-34-32(37)28-39-33(29-13-6-3-7-14-29,30-15-8-4-9-16-30)31-17-10-5-11-18-31/h3-11,13-18H,2,12,19-28H2,1H3,(H,34,37). The quantitative estimate of drug-likeness (QED) is 0.264. The summed E-state index contributed by atoms with van der Waals surface area (Å²) in [5.41, 5.74) is 3.53. The van der Waals surface area contributed by atoms with Crippen LogP contribution in [0.25, 0.3) is 0 Å². The first-order valence-corrected chi connectivity index (χ1v) is 15.3. The number of ether oxygens (including phenoxy) is 1. The van der Waals surface area contributed by atoms with Crippen molar-refractivity contribution in [2.75, 3.05) is 64.8 Å². The summed E-state index contributed by atoms with van der Waals surface area (Å²) in [4.78, 5) is 18.1. The lowest BCUT2D eigenvalue weighted by molar-refractivity contribution is -0.118. The average Bonchev–Trinajstić information content (AvgIpc) is 3.00. The molecule has 0 spiro atoms. The van der Waals surface area contributed by atoms with Crippen molar-refractivity contribution in [1.29, 1.82) is 0 Å². The van der Waals surface area contributed by atoms with E-state index in [4.69, 9.17) is 4.74 Å². The lowest BCUT2D eigenvalue weighted by Gasteiger charge is -2.35. The minimum absolute atomic E-state index is 0.0805. The van der Waals surface area contributed by atoms with E-state index in [9.17, 15) is 4.79 Å². The Morgan fingerprint density at radius 3 is 1.90 bits per heavy atom. The van der Waals surface area contributed by atoms with Gasteiger partial charge >= 0.3 is 0 Å². The first-order valence-electron chi connectivity index (χ1n) is 14.3. The van der Waals surface area contributed by atoms with Gasteiger partial charge in [-0.1, -0.05) is 97.9 Å². The van der Waals surface area contributed by atoms with E-state index in [1.807, 2.05) is 18.2 Å². The number of amides is 1. The largest absolute Gasteiger partial charge is 0.379 e. The molecule has 1 aliphatic heterocycles. The number of nitrogens with one attached hydrogen (secondary N) is 1. The van der Waals surface area contributed by atoms with Crippen LogP contribution in [0.1, 0.15) is 36.5 Å². The van der Waals surface area contributed by atoms with Gasteiger partial charge in [0.15, 0.2) is 0 Å². The van der Waals surface area contributed by atoms with Gasteiger partial charge < -0.3 is 15.0 Å². The molecule has 0 radical (unpaired) electrons. The Labute approximate surface area is 238 Å². The van der Waals surface area contributed by atoms with Crippen LogP contribution in [0.4, 0.5) is 0 Å². The highest BCUT2D eigenvalue weighted by molar-refractivity contribution is 8.01. The number of thioether (sulfide) groups is 1. The topological polar surface area (TPSA) is 44.8 Å². The van der Waals surface area contributed by atoms with Crippen molar-refractivity contribution in [2.45, 2.75) is 24.5 Å². The van der Waals surface area contributed by atoms with Gasteiger partial charge in [0.05, 0.1) is 23.7 Å². The maximum Gasteiger partial charge on any atom is 0.230 e. The molecule has 1 saturated heterocycles. The van der Waals surface area contributed by atoms with Gasteiger partial charge in [-0.25, -0.2) is 0 Å². The molecule has 3 aromatic rings. The van der Waals surface area contributed by atoms with Gasteiger partial charge in [0, 0.05) is 26.2 Å². The number of carbonyl (C=O) groups excluding carboxylic acids is 1. The van der Waals surface area contributed by atoms with Gasteiger partial charge in [-0.05, 0) is 49.2 Å². The molecule has 4 rings (SSSR count). The van der Waals surface area contributed by atoms with Crippen LogP contribution >= 0.6 is 11.8 Å². The molecule has 39 heavy (non-hydrogen) atoms. The second-order valence-corrected chi connectivity index (χ2v) is 11.3. The number of hydrogen-bond donors (Lipinski definition) is 1. The fraction of sp³-hybridized carbons (Fsp3) is 0.424. The maximum atomic E-state index is 13.2. The van der Waals surface area contributed by atoms with Gasteiger partial charge in [-0.3, -0.25) is 9.69 Å². The number of carbonyl (C=O) groups is 1. The lowest BCUT2D eigenvalue weighted by atomic mass is 9.84. The maximum absolute atomic E-state index is 13.2. The zero-order chi connectivity index (χ0) is 27.2. The third-order valence-electron chi connectivity index (χ3n) is 7.30. The van der Waals surface area contributed by atoms with Crippen molar-refractivity contribution in [3.8, 4) is 0 Å². The molecule has 1 N–H and O–H groups in total. The van der Waals surface area contributed by atoms with Crippen molar-refractivity contribution in [3.63, 3.8) is 0 Å². The van der Waals surface area contributed by atoms with Crippen LogP contribution in [0, 0.1) is 0 Å². The van der Waals surface area contributed by atoms with E-state index in [2.05, 4.69) is 94.8 Å². The lowest BCUT2D eigenvalue weighted by Crippen LogP contribution is -2.40. The van der Waals surface area contributed by atoms with Crippen molar-refractivity contribution in [2.24, 2.45) is 0 Å². The fourth-order valence-electron chi connectivity index (χ4n) is 5.34. The summed E-state index contributed by atoms with van der Waals surface area (Å²) in [6.45, 7) is 10.8. The smallest absolute Gasteiger partial charge is 0.230 e. The first-order chi connectivity index (χ1) is 19.2. The molecular formula is C33H43N3O2S. The predicted octanol–water partition coefficient (Wildman–Crippen LogP) is 5.26. The van der Waals surface area contributed by atoms with E-state index >= 15 is 0 Å². The van der Waals surface area contributed by atoms with Crippen LogP contribution < -0.4 is 5.32 Å². The highest BCUT2D eigenvalue weighted by Gasteiger charge is 2.37. The normalized spacial score (nSPS) is 14.4. The Morgan fingerprint density at radius 1 is 0.846 bits per heavy atom. The minimum Gasteiger partial charge on any atom is -0.379 e.